The molecule has 1 aliphatic rings. The van der Waals surface area contributed by atoms with Crippen molar-refractivity contribution in [3.63, 3.8) is 0 Å². The number of imide groups is 1. The number of fused-ring (bicyclic) bond motifs is 1. The molecule has 0 spiro atoms. The Kier molecular flexibility index (Phi) is 6.42. The predicted molar refractivity (Wildman–Crippen MR) is 109 cm³/mol. The van der Waals surface area contributed by atoms with Crippen LogP contribution < -0.4 is 10.6 Å². The molecular weight excluding hydrogens is 354 g/mol. The van der Waals surface area contributed by atoms with Crippen molar-refractivity contribution >= 4 is 23.5 Å². The summed E-state index contributed by atoms with van der Waals surface area (Å²) in [5, 5.41) is 5.54. The highest BCUT2D eigenvalue weighted by Gasteiger charge is 2.34. The normalized spacial score (nSPS) is 12.8. The minimum Gasteiger partial charge on any atom is -0.338 e. The lowest BCUT2D eigenvalue weighted by molar-refractivity contribution is 0.0653. The molecule has 0 atom stereocenters. The van der Waals surface area contributed by atoms with Gasteiger partial charge in [0.2, 0.25) is 0 Å². The van der Waals surface area contributed by atoms with E-state index in [9.17, 15) is 14.4 Å². The van der Waals surface area contributed by atoms with Crippen LogP contribution in [0.4, 0.5) is 10.5 Å². The third-order valence-electron chi connectivity index (χ3n) is 4.75. The van der Waals surface area contributed by atoms with E-state index >= 15 is 0 Å². The summed E-state index contributed by atoms with van der Waals surface area (Å²) in [4.78, 5) is 37.8. The zero-order valence-corrected chi connectivity index (χ0v) is 16.0. The zero-order valence-electron chi connectivity index (χ0n) is 16.0. The van der Waals surface area contributed by atoms with E-state index in [1.807, 2.05) is 24.3 Å². The number of anilines is 1. The first-order valence-corrected chi connectivity index (χ1v) is 9.69. The Labute approximate surface area is 164 Å². The van der Waals surface area contributed by atoms with Crippen molar-refractivity contribution in [3.8, 4) is 0 Å². The molecule has 2 aromatic carbocycles. The van der Waals surface area contributed by atoms with E-state index in [0.29, 0.717) is 24.1 Å². The molecule has 4 amide bonds. The fraction of sp³-hybridized carbons (Fsp3) is 0.318. The standard InChI is InChI=1S/C22H25N3O3/c1-2-3-7-16-10-12-17(13-11-16)24-22(28)23-14-6-15-25-20(26)18-8-4-5-9-19(18)21(25)27/h4-5,8-13H,2-3,6-7,14-15H2,1H3,(H2,23,24,28). The number of nitrogens with zero attached hydrogens (tertiary/aromatic N) is 1. The minimum absolute atomic E-state index is 0.270. The number of urea groups is 1. The van der Waals surface area contributed by atoms with Crippen molar-refractivity contribution in [2.24, 2.45) is 0 Å². The smallest absolute Gasteiger partial charge is 0.319 e. The Bertz CT molecular complexity index is 827. The number of amides is 4. The van der Waals surface area contributed by atoms with E-state index in [1.54, 1.807) is 24.3 Å². The van der Waals surface area contributed by atoms with Crippen LogP contribution in [0.1, 0.15) is 52.5 Å². The molecule has 2 aromatic rings. The SMILES string of the molecule is CCCCc1ccc(NC(=O)NCCCN2C(=O)c3ccccc3C2=O)cc1. The Morgan fingerprint density at radius 3 is 2.18 bits per heavy atom. The van der Waals surface area contributed by atoms with E-state index in [0.717, 1.165) is 24.9 Å². The van der Waals surface area contributed by atoms with Gasteiger partial charge in [0.25, 0.3) is 11.8 Å². The maximum atomic E-state index is 12.3. The first-order valence-electron chi connectivity index (χ1n) is 9.69. The third-order valence-corrected chi connectivity index (χ3v) is 4.75. The molecule has 6 heteroatoms. The van der Waals surface area contributed by atoms with Gasteiger partial charge < -0.3 is 10.6 Å². The van der Waals surface area contributed by atoms with Gasteiger partial charge >= 0.3 is 6.03 Å². The maximum absolute atomic E-state index is 12.3. The lowest BCUT2D eigenvalue weighted by Gasteiger charge is -2.14. The topological polar surface area (TPSA) is 78.5 Å². The number of hydrogen-bond acceptors (Lipinski definition) is 3. The molecule has 0 unspecified atom stereocenters. The van der Waals surface area contributed by atoms with Crippen molar-refractivity contribution in [1.82, 2.24) is 10.2 Å². The van der Waals surface area contributed by atoms with Gasteiger partial charge in [0.05, 0.1) is 11.1 Å². The Morgan fingerprint density at radius 2 is 1.57 bits per heavy atom. The summed E-state index contributed by atoms with van der Waals surface area (Å²) in [7, 11) is 0. The van der Waals surface area contributed by atoms with Crippen molar-refractivity contribution in [2.75, 3.05) is 18.4 Å². The number of unbranched alkanes of at least 4 members (excludes halogenated alkanes) is 1. The van der Waals surface area contributed by atoms with E-state index in [1.165, 1.54) is 10.5 Å². The van der Waals surface area contributed by atoms with Crippen molar-refractivity contribution in [1.29, 1.82) is 0 Å². The minimum atomic E-state index is -0.302. The van der Waals surface area contributed by atoms with Crippen molar-refractivity contribution in [3.05, 3.63) is 65.2 Å². The summed E-state index contributed by atoms with van der Waals surface area (Å²) in [5.74, 6) is -0.540. The second-order valence-corrected chi connectivity index (χ2v) is 6.84. The molecule has 0 radical (unpaired) electrons. The van der Waals surface area contributed by atoms with Crippen LogP contribution in [0.25, 0.3) is 0 Å². The molecule has 1 aliphatic heterocycles. The number of rotatable bonds is 8. The van der Waals surface area contributed by atoms with E-state index in [-0.39, 0.29) is 24.4 Å². The van der Waals surface area contributed by atoms with Crippen LogP contribution >= 0.6 is 0 Å². The van der Waals surface area contributed by atoms with Gasteiger partial charge in [0, 0.05) is 18.8 Å². The fourth-order valence-electron chi connectivity index (χ4n) is 3.19. The van der Waals surface area contributed by atoms with E-state index in [2.05, 4.69) is 17.6 Å². The van der Waals surface area contributed by atoms with Gasteiger partial charge in [-0.25, -0.2) is 4.79 Å². The molecular formula is C22H25N3O3. The number of carbonyl (C=O) groups excluding carboxylic acids is 3. The number of carbonyl (C=O) groups is 3. The zero-order chi connectivity index (χ0) is 19.9. The number of hydrogen-bond donors (Lipinski definition) is 2. The largest absolute Gasteiger partial charge is 0.338 e. The maximum Gasteiger partial charge on any atom is 0.319 e. The summed E-state index contributed by atoms with van der Waals surface area (Å²) in [6.45, 7) is 2.81. The highest BCUT2D eigenvalue weighted by molar-refractivity contribution is 6.21. The molecule has 0 saturated heterocycles. The lowest BCUT2D eigenvalue weighted by atomic mass is 10.1. The number of aryl methyl sites for hydroxylation is 1. The average Bonchev–Trinajstić information content (AvgIpc) is 2.95. The Hall–Kier alpha value is -3.15. The average molecular weight is 379 g/mol. The molecule has 2 N–H and O–H groups in total. The van der Waals surface area contributed by atoms with Crippen LogP contribution in [-0.4, -0.2) is 35.8 Å². The van der Waals surface area contributed by atoms with Crippen LogP contribution in [0.3, 0.4) is 0 Å². The van der Waals surface area contributed by atoms with Crippen molar-refractivity contribution < 1.29 is 14.4 Å². The molecule has 146 valence electrons. The third kappa shape index (κ3) is 4.57. The lowest BCUT2D eigenvalue weighted by Crippen LogP contribution is -2.35. The molecule has 3 rings (SSSR count). The second-order valence-electron chi connectivity index (χ2n) is 6.84. The second kappa shape index (κ2) is 9.17. The van der Waals surface area contributed by atoms with Gasteiger partial charge in [-0.15, -0.1) is 0 Å². The van der Waals surface area contributed by atoms with E-state index in [4.69, 9.17) is 0 Å². The first kappa shape index (κ1) is 19.6. The number of nitrogens with one attached hydrogen (secondary N) is 2. The van der Waals surface area contributed by atoms with Gasteiger partial charge in [0.15, 0.2) is 0 Å². The molecule has 6 nitrogen and oxygen atoms in total. The predicted octanol–water partition coefficient (Wildman–Crippen LogP) is 3.84. The van der Waals surface area contributed by atoms with Gasteiger partial charge in [0.1, 0.15) is 0 Å². The van der Waals surface area contributed by atoms with E-state index < -0.39 is 0 Å². The van der Waals surface area contributed by atoms with Crippen LogP contribution in [-0.2, 0) is 6.42 Å². The molecule has 0 fully saturated rings. The van der Waals surface area contributed by atoms with Gasteiger partial charge in [-0.2, -0.15) is 0 Å². The van der Waals surface area contributed by atoms with Gasteiger partial charge in [-0.3, -0.25) is 14.5 Å². The molecule has 1 heterocycles. The summed E-state index contributed by atoms with van der Waals surface area (Å²) >= 11 is 0. The first-order chi connectivity index (χ1) is 13.6. The summed E-state index contributed by atoms with van der Waals surface area (Å²) in [6, 6.07) is 14.3. The van der Waals surface area contributed by atoms with Crippen molar-refractivity contribution in [2.45, 2.75) is 32.6 Å². The quantitative estimate of drug-likeness (QED) is 0.540. The van der Waals surface area contributed by atoms with Crippen LogP contribution in [0, 0.1) is 0 Å². The molecule has 0 bridgehead atoms. The van der Waals surface area contributed by atoms with Crippen LogP contribution in [0.5, 0.6) is 0 Å². The Balaban J connectivity index is 1.40. The van der Waals surface area contributed by atoms with Gasteiger partial charge in [-0.1, -0.05) is 37.6 Å². The van der Waals surface area contributed by atoms with Crippen LogP contribution in [0.15, 0.2) is 48.5 Å². The molecule has 0 aromatic heterocycles. The molecule has 0 aliphatic carbocycles. The number of benzene rings is 2. The van der Waals surface area contributed by atoms with Crippen LogP contribution in [0.2, 0.25) is 0 Å². The molecule has 0 saturated carbocycles. The summed E-state index contributed by atoms with van der Waals surface area (Å²) in [6.07, 6.45) is 3.85. The summed E-state index contributed by atoms with van der Waals surface area (Å²) < 4.78 is 0. The highest BCUT2D eigenvalue weighted by atomic mass is 16.2. The monoisotopic (exact) mass is 379 g/mol. The highest BCUT2D eigenvalue weighted by Crippen LogP contribution is 2.22. The summed E-state index contributed by atoms with van der Waals surface area (Å²) in [5.41, 5.74) is 2.88. The Morgan fingerprint density at radius 1 is 0.929 bits per heavy atom. The molecule has 28 heavy (non-hydrogen) atoms. The van der Waals surface area contributed by atoms with Gasteiger partial charge in [-0.05, 0) is 49.1 Å². The fourth-order valence-corrected chi connectivity index (χ4v) is 3.19.